The Kier molecular flexibility index (Phi) is 5.45. The molecule has 1 aromatic carbocycles. The number of nitrogens with zero attached hydrogens (tertiary/aromatic N) is 2. The van der Waals surface area contributed by atoms with Gasteiger partial charge in [-0.15, -0.1) is 5.10 Å². The van der Waals surface area contributed by atoms with Crippen LogP contribution >= 0.6 is 27.5 Å². The Morgan fingerprint density at radius 2 is 2.14 bits per heavy atom. The molecule has 0 aliphatic rings. The van der Waals surface area contributed by atoms with Gasteiger partial charge in [0, 0.05) is 4.47 Å². The van der Waals surface area contributed by atoms with Crippen molar-refractivity contribution in [2.75, 3.05) is 0 Å². The largest absolute Gasteiger partial charge is 0.481 e. The minimum Gasteiger partial charge on any atom is -0.481 e. The Hall–Kier alpha value is -2.00. The van der Waals surface area contributed by atoms with Crippen LogP contribution in [0, 0.1) is 6.92 Å². The zero-order valence-electron chi connectivity index (χ0n) is 11.8. The summed E-state index contributed by atoms with van der Waals surface area (Å²) >= 11 is 4.28. The van der Waals surface area contributed by atoms with E-state index in [1.807, 2.05) is 6.07 Å². The maximum Gasteiger partial charge on any atom is 0.283 e. The van der Waals surface area contributed by atoms with Crippen LogP contribution in [0.3, 0.4) is 0 Å². The molecule has 0 bridgehead atoms. The monoisotopic (exact) mass is 384 g/mol. The van der Waals surface area contributed by atoms with Crippen LogP contribution in [0.2, 0.25) is 0 Å². The van der Waals surface area contributed by atoms with Crippen molar-refractivity contribution in [1.29, 1.82) is 0 Å². The SMILES string of the molecule is Cc1nnsc1C(=O)NNC(=O)[C@@H](C)Oc1cccc(Br)c1. The molecule has 1 heterocycles. The standard InChI is InChI=1S/C13H13BrN4O3S/c1-7-11(22-18-15-7)13(20)17-16-12(19)8(2)21-10-5-3-4-9(14)6-10/h3-6,8H,1-2H3,(H,16,19)(H,17,20)/t8-/m1/s1. The first-order chi connectivity index (χ1) is 10.5. The maximum absolute atomic E-state index is 11.9. The van der Waals surface area contributed by atoms with E-state index in [-0.39, 0.29) is 0 Å². The highest BCUT2D eigenvalue weighted by Crippen LogP contribution is 2.18. The summed E-state index contributed by atoms with van der Waals surface area (Å²) < 4.78 is 9.99. The molecule has 22 heavy (non-hydrogen) atoms. The van der Waals surface area contributed by atoms with Gasteiger partial charge in [-0.05, 0) is 43.6 Å². The lowest BCUT2D eigenvalue weighted by Gasteiger charge is -2.15. The van der Waals surface area contributed by atoms with Crippen molar-refractivity contribution < 1.29 is 14.3 Å². The van der Waals surface area contributed by atoms with Crippen LogP contribution in [0.5, 0.6) is 5.75 Å². The van der Waals surface area contributed by atoms with Gasteiger partial charge in [0.15, 0.2) is 6.10 Å². The first kappa shape index (κ1) is 16.4. The fraction of sp³-hybridized carbons (Fsp3) is 0.231. The molecule has 0 spiro atoms. The first-order valence-corrected chi connectivity index (χ1v) is 7.85. The molecule has 2 aromatic rings. The summed E-state index contributed by atoms with van der Waals surface area (Å²) in [6, 6.07) is 7.13. The second kappa shape index (κ2) is 7.32. The van der Waals surface area contributed by atoms with E-state index in [0.29, 0.717) is 16.3 Å². The Bertz CT molecular complexity index is 691. The van der Waals surface area contributed by atoms with Crippen LogP contribution < -0.4 is 15.6 Å². The number of halogens is 1. The molecule has 2 amide bonds. The fourth-order valence-electron chi connectivity index (χ4n) is 1.51. The lowest BCUT2D eigenvalue weighted by molar-refractivity contribution is -0.128. The number of aromatic nitrogens is 2. The van der Waals surface area contributed by atoms with Crippen molar-refractivity contribution in [3.63, 3.8) is 0 Å². The van der Waals surface area contributed by atoms with Gasteiger partial charge in [-0.2, -0.15) is 0 Å². The van der Waals surface area contributed by atoms with Crippen molar-refractivity contribution in [1.82, 2.24) is 20.4 Å². The topological polar surface area (TPSA) is 93.2 Å². The van der Waals surface area contributed by atoms with Gasteiger partial charge >= 0.3 is 0 Å². The lowest BCUT2D eigenvalue weighted by atomic mass is 10.3. The molecule has 2 N–H and O–H groups in total. The molecule has 2 rings (SSSR count). The summed E-state index contributed by atoms with van der Waals surface area (Å²) in [5.41, 5.74) is 5.12. The predicted octanol–water partition coefficient (Wildman–Crippen LogP) is 1.84. The number of aryl methyl sites for hydroxylation is 1. The third-order valence-corrected chi connectivity index (χ3v) is 3.96. The number of hydrogen-bond acceptors (Lipinski definition) is 6. The van der Waals surface area contributed by atoms with E-state index < -0.39 is 17.9 Å². The van der Waals surface area contributed by atoms with Gasteiger partial charge in [0.1, 0.15) is 10.6 Å². The molecule has 0 radical (unpaired) electrons. The summed E-state index contributed by atoms with van der Waals surface area (Å²) in [7, 11) is 0. The molecule has 0 saturated carbocycles. The number of nitrogens with one attached hydrogen (secondary N) is 2. The molecule has 1 aromatic heterocycles. The van der Waals surface area contributed by atoms with Crippen molar-refractivity contribution in [3.8, 4) is 5.75 Å². The maximum atomic E-state index is 11.9. The van der Waals surface area contributed by atoms with Gasteiger partial charge in [0.2, 0.25) is 0 Å². The second-order valence-electron chi connectivity index (χ2n) is 4.35. The molecule has 7 nitrogen and oxygen atoms in total. The number of ether oxygens (including phenoxy) is 1. The number of amides is 2. The minimum atomic E-state index is -0.768. The molecule has 0 aliphatic heterocycles. The lowest BCUT2D eigenvalue weighted by Crippen LogP contribution is -2.47. The van der Waals surface area contributed by atoms with Crippen molar-refractivity contribution >= 4 is 39.3 Å². The number of hydrazine groups is 1. The molecule has 0 saturated heterocycles. The van der Waals surface area contributed by atoms with Crippen LogP contribution in [0.4, 0.5) is 0 Å². The predicted molar refractivity (Wildman–Crippen MR) is 84.5 cm³/mol. The van der Waals surface area contributed by atoms with E-state index in [1.54, 1.807) is 32.0 Å². The molecular weight excluding hydrogens is 372 g/mol. The van der Waals surface area contributed by atoms with E-state index in [9.17, 15) is 9.59 Å². The third kappa shape index (κ3) is 4.25. The summed E-state index contributed by atoms with van der Waals surface area (Å²) in [5.74, 6) is -0.384. The summed E-state index contributed by atoms with van der Waals surface area (Å²) in [6.45, 7) is 3.25. The van der Waals surface area contributed by atoms with Crippen molar-refractivity contribution in [3.05, 3.63) is 39.3 Å². The van der Waals surface area contributed by atoms with Crippen LogP contribution in [-0.4, -0.2) is 27.5 Å². The second-order valence-corrected chi connectivity index (χ2v) is 6.02. The van der Waals surface area contributed by atoms with Crippen LogP contribution in [0.1, 0.15) is 22.3 Å². The van der Waals surface area contributed by atoms with E-state index in [0.717, 1.165) is 16.0 Å². The highest BCUT2D eigenvalue weighted by atomic mass is 79.9. The van der Waals surface area contributed by atoms with Gasteiger partial charge in [-0.1, -0.05) is 26.5 Å². The quantitative estimate of drug-likeness (QED) is 0.784. The molecule has 0 aliphatic carbocycles. The highest BCUT2D eigenvalue weighted by molar-refractivity contribution is 9.10. The summed E-state index contributed by atoms with van der Waals surface area (Å²) in [4.78, 5) is 24.1. The summed E-state index contributed by atoms with van der Waals surface area (Å²) in [6.07, 6.45) is -0.768. The van der Waals surface area contributed by atoms with Gasteiger partial charge in [0.05, 0.1) is 5.69 Å². The highest BCUT2D eigenvalue weighted by Gasteiger charge is 2.18. The average molecular weight is 385 g/mol. The molecular formula is C13H13BrN4O3S. The molecule has 1 atom stereocenters. The zero-order valence-corrected chi connectivity index (χ0v) is 14.2. The van der Waals surface area contributed by atoms with Gasteiger partial charge in [0.25, 0.3) is 11.8 Å². The van der Waals surface area contributed by atoms with Gasteiger partial charge in [-0.25, -0.2) is 0 Å². The number of rotatable bonds is 4. The van der Waals surface area contributed by atoms with E-state index in [1.165, 1.54) is 0 Å². The fourth-order valence-corrected chi connectivity index (χ4v) is 2.44. The molecule has 9 heteroatoms. The third-order valence-electron chi connectivity index (χ3n) is 2.64. The van der Waals surface area contributed by atoms with Crippen molar-refractivity contribution in [2.24, 2.45) is 0 Å². The number of carbonyl (C=O) groups is 2. The van der Waals surface area contributed by atoms with E-state index >= 15 is 0 Å². The Morgan fingerprint density at radius 3 is 2.77 bits per heavy atom. The molecule has 116 valence electrons. The number of carbonyl (C=O) groups excluding carboxylic acids is 2. The summed E-state index contributed by atoms with van der Waals surface area (Å²) in [5, 5.41) is 3.73. The van der Waals surface area contributed by atoms with E-state index in [2.05, 4.69) is 36.4 Å². The molecule has 0 fully saturated rings. The minimum absolute atomic E-state index is 0.348. The normalized spacial score (nSPS) is 11.6. The first-order valence-electron chi connectivity index (χ1n) is 6.28. The van der Waals surface area contributed by atoms with Crippen LogP contribution in [0.15, 0.2) is 28.7 Å². The average Bonchev–Trinajstić information content (AvgIpc) is 2.90. The van der Waals surface area contributed by atoms with Crippen molar-refractivity contribution in [2.45, 2.75) is 20.0 Å². The van der Waals surface area contributed by atoms with Gasteiger partial charge < -0.3 is 4.74 Å². The Labute approximate surface area is 139 Å². The van der Waals surface area contributed by atoms with Gasteiger partial charge in [-0.3, -0.25) is 20.4 Å². The smallest absolute Gasteiger partial charge is 0.283 e. The molecule has 0 unspecified atom stereocenters. The Balaban J connectivity index is 1.86. The number of hydrogen-bond donors (Lipinski definition) is 2. The zero-order chi connectivity index (χ0) is 16.1. The van der Waals surface area contributed by atoms with E-state index in [4.69, 9.17) is 4.74 Å². The van der Waals surface area contributed by atoms with Crippen LogP contribution in [-0.2, 0) is 4.79 Å². The Morgan fingerprint density at radius 1 is 1.36 bits per heavy atom. The number of benzene rings is 1. The van der Waals surface area contributed by atoms with Crippen LogP contribution in [0.25, 0.3) is 0 Å².